The highest BCUT2D eigenvalue weighted by Gasteiger charge is 2.79. The molecule has 2 bridgehead atoms. The fraction of sp³-hybridized carbons (Fsp3) is 0.714. The van der Waals surface area contributed by atoms with Gasteiger partial charge in [0.05, 0.1) is 30.9 Å². The Morgan fingerprint density at radius 1 is 1.00 bits per heavy atom. The first-order valence-electron chi connectivity index (χ1n) is 6.96. The molecule has 0 aromatic heterocycles. The van der Waals surface area contributed by atoms with Gasteiger partial charge in [0.2, 0.25) is 5.79 Å². The van der Waals surface area contributed by atoms with Crippen LogP contribution in [-0.2, 0) is 18.9 Å². The summed E-state index contributed by atoms with van der Waals surface area (Å²) in [4.78, 5) is 0. The molecule has 1 saturated carbocycles. The largest absolute Gasteiger partial charge is 0.345 e. The lowest BCUT2D eigenvalue weighted by atomic mass is 9.82. The van der Waals surface area contributed by atoms with Gasteiger partial charge in [-0.25, -0.2) is 0 Å². The molecule has 2 heterocycles. The summed E-state index contributed by atoms with van der Waals surface area (Å²) in [6, 6.07) is 0. The Morgan fingerprint density at radius 2 is 1.65 bits per heavy atom. The molecule has 6 heteroatoms. The molecule has 0 N–H and O–H groups in total. The monoisotopic (exact) mass is 404 g/mol. The van der Waals surface area contributed by atoms with E-state index in [1.807, 2.05) is 0 Å². The number of hydrogen-bond donors (Lipinski definition) is 0. The molecule has 2 saturated heterocycles. The first-order valence-corrected chi connectivity index (χ1v) is 8.55. The van der Waals surface area contributed by atoms with Gasteiger partial charge in [0.25, 0.3) is 0 Å². The highest BCUT2D eigenvalue weighted by Crippen LogP contribution is 2.71. The molecule has 5 rings (SSSR count). The van der Waals surface area contributed by atoms with E-state index >= 15 is 0 Å². The molecule has 2 aliphatic heterocycles. The van der Waals surface area contributed by atoms with Crippen LogP contribution in [0.15, 0.2) is 22.7 Å². The smallest absolute Gasteiger partial charge is 0.205 e. The van der Waals surface area contributed by atoms with Crippen molar-refractivity contribution in [3.63, 3.8) is 0 Å². The van der Waals surface area contributed by atoms with Crippen LogP contribution in [0, 0.1) is 17.8 Å². The SMILES string of the molecule is BrC1=C[C@H]2[C@H]([C@@H]3C=C[C@]2(Br)C32OCCO2)C12OCCO2. The van der Waals surface area contributed by atoms with Crippen LogP contribution in [0.4, 0.5) is 0 Å². The zero-order chi connectivity index (χ0) is 13.6. The molecule has 2 spiro atoms. The fourth-order valence-electron chi connectivity index (χ4n) is 4.66. The van der Waals surface area contributed by atoms with Crippen LogP contribution in [0.3, 0.4) is 0 Å². The zero-order valence-corrected chi connectivity index (χ0v) is 13.9. The number of ether oxygens (including phenoxy) is 4. The lowest BCUT2D eigenvalue weighted by Gasteiger charge is -2.36. The molecule has 108 valence electrons. The fourth-order valence-corrected chi connectivity index (χ4v) is 6.50. The van der Waals surface area contributed by atoms with Gasteiger partial charge in [0.15, 0.2) is 5.79 Å². The van der Waals surface area contributed by atoms with E-state index in [1.165, 1.54) is 0 Å². The Kier molecular flexibility index (Phi) is 2.42. The van der Waals surface area contributed by atoms with Gasteiger partial charge in [-0.3, -0.25) is 0 Å². The van der Waals surface area contributed by atoms with Crippen LogP contribution in [0.1, 0.15) is 0 Å². The number of allylic oxidation sites excluding steroid dienone is 1. The Morgan fingerprint density at radius 3 is 2.35 bits per heavy atom. The number of fused-ring (bicyclic) bond motifs is 4. The minimum absolute atomic E-state index is 0.138. The van der Waals surface area contributed by atoms with Crippen molar-refractivity contribution in [3.8, 4) is 0 Å². The summed E-state index contributed by atoms with van der Waals surface area (Å²) < 4.78 is 24.9. The molecule has 0 aromatic rings. The minimum Gasteiger partial charge on any atom is -0.345 e. The topological polar surface area (TPSA) is 36.9 Å². The molecule has 0 aromatic carbocycles. The third-order valence-corrected chi connectivity index (χ3v) is 7.47. The highest BCUT2D eigenvalue weighted by molar-refractivity contribution is 9.11. The summed E-state index contributed by atoms with van der Waals surface area (Å²) in [5, 5.41) is 0. The predicted octanol–water partition coefficient (Wildman–Crippen LogP) is 2.33. The van der Waals surface area contributed by atoms with Gasteiger partial charge in [-0.15, -0.1) is 0 Å². The van der Waals surface area contributed by atoms with E-state index < -0.39 is 11.6 Å². The molecule has 0 radical (unpaired) electrons. The van der Waals surface area contributed by atoms with Crippen molar-refractivity contribution in [2.24, 2.45) is 17.8 Å². The van der Waals surface area contributed by atoms with Crippen LogP contribution < -0.4 is 0 Å². The third-order valence-electron chi connectivity index (χ3n) is 5.31. The van der Waals surface area contributed by atoms with Crippen LogP contribution in [0.2, 0.25) is 0 Å². The summed E-state index contributed by atoms with van der Waals surface area (Å²) in [5.74, 6) is -0.698. The summed E-state index contributed by atoms with van der Waals surface area (Å²) in [5.41, 5.74) is 0. The van der Waals surface area contributed by atoms with Crippen molar-refractivity contribution in [1.82, 2.24) is 0 Å². The van der Waals surface area contributed by atoms with Crippen molar-refractivity contribution in [1.29, 1.82) is 0 Å². The van der Waals surface area contributed by atoms with E-state index in [1.54, 1.807) is 0 Å². The molecule has 4 nitrogen and oxygen atoms in total. The first kappa shape index (κ1) is 12.8. The van der Waals surface area contributed by atoms with Gasteiger partial charge in [-0.05, 0) is 0 Å². The number of halogens is 2. The number of hydrogen-bond acceptors (Lipinski definition) is 4. The highest BCUT2D eigenvalue weighted by atomic mass is 79.9. The van der Waals surface area contributed by atoms with Gasteiger partial charge in [0, 0.05) is 17.8 Å². The Labute approximate surface area is 133 Å². The second-order valence-electron chi connectivity index (χ2n) is 5.95. The van der Waals surface area contributed by atoms with Gasteiger partial charge in [-0.1, -0.05) is 50.1 Å². The lowest BCUT2D eigenvalue weighted by Crippen LogP contribution is -2.48. The molecule has 20 heavy (non-hydrogen) atoms. The van der Waals surface area contributed by atoms with E-state index in [2.05, 4.69) is 50.1 Å². The van der Waals surface area contributed by atoms with Crippen LogP contribution in [0.5, 0.6) is 0 Å². The quantitative estimate of drug-likeness (QED) is 0.458. The molecule has 3 fully saturated rings. The average molecular weight is 406 g/mol. The zero-order valence-electron chi connectivity index (χ0n) is 10.7. The van der Waals surface area contributed by atoms with E-state index in [-0.39, 0.29) is 22.1 Å². The normalized spacial score (nSPS) is 49.5. The maximum Gasteiger partial charge on any atom is 0.205 e. The number of alkyl halides is 1. The van der Waals surface area contributed by atoms with E-state index in [4.69, 9.17) is 18.9 Å². The Hall–Kier alpha value is 0.280. The van der Waals surface area contributed by atoms with Gasteiger partial charge in [0.1, 0.15) is 4.32 Å². The maximum atomic E-state index is 6.08. The predicted molar refractivity (Wildman–Crippen MR) is 77.5 cm³/mol. The van der Waals surface area contributed by atoms with Gasteiger partial charge >= 0.3 is 0 Å². The Bertz CT molecular complexity index is 533. The summed E-state index contributed by atoms with van der Waals surface area (Å²) in [6.45, 7) is 2.55. The van der Waals surface area contributed by atoms with Crippen molar-refractivity contribution in [3.05, 3.63) is 22.7 Å². The molecule has 0 unspecified atom stereocenters. The molecule has 5 aliphatic rings. The van der Waals surface area contributed by atoms with Crippen molar-refractivity contribution < 1.29 is 18.9 Å². The first-order chi connectivity index (χ1) is 9.64. The van der Waals surface area contributed by atoms with Crippen LogP contribution in [0.25, 0.3) is 0 Å². The standard InChI is InChI=1S/C14H14Br2O4/c15-10-7-9-11(13(10)17-3-4-18-13)8-1-2-12(9,16)14(8)19-5-6-20-14/h1-2,7-9,11H,3-6H2/t8-,9-,11-,12+/m0/s1. The van der Waals surface area contributed by atoms with Crippen molar-refractivity contribution >= 4 is 31.9 Å². The number of rotatable bonds is 0. The second kappa shape index (κ2) is 3.78. The molecular weight excluding hydrogens is 392 g/mol. The molecular formula is C14H14Br2O4. The minimum atomic E-state index is -0.655. The van der Waals surface area contributed by atoms with Crippen LogP contribution in [-0.4, -0.2) is 42.3 Å². The van der Waals surface area contributed by atoms with E-state index in [0.717, 1.165) is 4.48 Å². The molecule has 3 aliphatic carbocycles. The molecule has 0 amide bonds. The Balaban J connectivity index is 1.68. The van der Waals surface area contributed by atoms with E-state index in [0.29, 0.717) is 26.4 Å². The lowest BCUT2D eigenvalue weighted by molar-refractivity contribution is -0.205. The van der Waals surface area contributed by atoms with E-state index in [9.17, 15) is 0 Å². The summed E-state index contributed by atoms with van der Waals surface area (Å²) in [7, 11) is 0. The summed E-state index contributed by atoms with van der Waals surface area (Å²) in [6.07, 6.45) is 6.60. The van der Waals surface area contributed by atoms with Gasteiger partial charge < -0.3 is 18.9 Å². The summed E-state index contributed by atoms with van der Waals surface area (Å²) >= 11 is 7.58. The average Bonchev–Trinajstić information content (AvgIpc) is 3.20. The second-order valence-corrected chi connectivity index (χ2v) is 8.11. The molecule has 4 atom stereocenters. The van der Waals surface area contributed by atoms with Crippen LogP contribution >= 0.6 is 31.9 Å². The third kappa shape index (κ3) is 1.14. The van der Waals surface area contributed by atoms with Gasteiger partial charge in [-0.2, -0.15) is 0 Å². The maximum absolute atomic E-state index is 6.08. The van der Waals surface area contributed by atoms with Crippen molar-refractivity contribution in [2.75, 3.05) is 26.4 Å². The van der Waals surface area contributed by atoms with Crippen molar-refractivity contribution in [2.45, 2.75) is 15.9 Å².